The minimum atomic E-state index is -4.43. The van der Waals surface area contributed by atoms with E-state index in [-0.39, 0.29) is 29.9 Å². The van der Waals surface area contributed by atoms with Gasteiger partial charge in [0.25, 0.3) is 0 Å². The fourth-order valence-corrected chi connectivity index (χ4v) is 4.01. The summed E-state index contributed by atoms with van der Waals surface area (Å²) in [5.74, 6) is -3.83. The Bertz CT molecular complexity index is 1270. The van der Waals surface area contributed by atoms with Crippen LogP contribution in [0.2, 0.25) is 0 Å². The van der Waals surface area contributed by atoms with Crippen molar-refractivity contribution in [2.24, 2.45) is 5.92 Å². The number of hydrogen-bond donors (Lipinski definition) is 1. The molecule has 0 atom stereocenters. The molecule has 0 unspecified atom stereocenters. The summed E-state index contributed by atoms with van der Waals surface area (Å²) in [6.45, 7) is -0.0262. The normalized spacial score (nSPS) is 14.6. The van der Waals surface area contributed by atoms with Crippen LogP contribution in [0.1, 0.15) is 23.2 Å². The lowest BCUT2D eigenvalue weighted by Crippen LogP contribution is -2.51. The Labute approximate surface area is 180 Å². The van der Waals surface area contributed by atoms with Gasteiger partial charge in [0.1, 0.15) is 11.3 Å². The Balaban J connectivity index is 1.68. The number of carbonyl (C=O) groups excluding carboxylic acids is 1. The molecule has 0 radical (unpaired) electrons. The first-order valence-electron chi connectivity index (χ1n) is 9.28. The van der Waals surface area contributed by atoms with Gasteiger partial charge < -0.3 is 10.0 Å². The molecule has 0 aliphatic carbocycles. The number of rotatable bonds is 6. The third-order valence-corrected chi connectivity index (χ3v) is 5.83. The van der Waals surface area contributed by atoms with E-state index in [1.165, 1.54) is 15.7 Å². The molecule has 1 N–H and O–H groups in total. The van der Waals surface area contributed by atoms with Gasteiger partial charge in [-0.05, 0) is 6.07 Å². The number of Topliss-reactive ketones (excluding diaryl/α,β-unsaturated/α-hetero) is 1. The van der Waals surface area contributed by atoms with Crippen LogP contribution in [0.15, 0.2) is 28.6 Å². The van der Waals surface area contributed by atoms with E-state index in [2.05, 4.69) is 9.97 Å². The summed E-state index contributed by atoms with van der Waals surface area (Å²) in [5.41, 5.74) is -1.53. The van der Waals surface area contributed by atoms with Gasteiger partial charge in [-0.25, -0.2) is 19.2 Å². The van der Waals surface area contributed by atoms with Crippen molar-refractivity contribution >= 4 is 39.9 Å². The first-order chi connectivity index (χ1) is 15.0. The van der Waals surface area contributed by atoms with Crippen molar-refractivity contribution in [3.8, 4) is 5.13 Å². The first-order valence-corrected chi connectivity index (χ1v) is 10.2. The lowest BCUT2D eigenvalue weighted by atomic mass is 9.92. The summed E-state index contributed by atoms with van der Waals surface area (Å²) >= 11 is 1.14. The smallest absolute Gasteiger partial charge is 0.389 e. The van der Waals surface area contributed by atoms with Gasteiger partial charge in [-0.1, -0.05) is 0 Å². The van der Waals surface area contributed by atoms with Gasteiger partial charge in [-0.15, -0.1) is 11.3 Å². The molecule has 0 saturated carbocycles. The van der Waals surface area contributed by atoms with Crippen molar-refractivity contribution in [2.75, 3.05) is 18.0 Å². The van der Waals surface area contributed by atoms with Crippen molar-refractivity contribution < 1.29 is 32.3 Å². The van der Waals surface area contributed by atoms with Crippen LogP contribution in [0, 0.1) is 11.7 Å². The molecule has 1 aliphatic rings. The summed E-state index contributed by atoms with van der Waals surface area (Å²) in [6, 6.07) is 0.870. The third-order valence-electron chi connectivity index (χ3n) is 5.06. The van der Waals surface area contributed by atoms with Gasteiger partial charge in [0.05, 0.1) is 17.7 Å². The fraction of sp³-hybridized carbons (Fsp3) is 0.316. The number of pyridine rings is 2. The van der Waals surface area contributed by atoms with E-state index >= 15 is 0 Å². The number of aromatic carboxylic acids is 1. The SMILES string of the molecule is O=C(O)c1cn(-c2nccs2)c2nc(N3CC(C(=O)CCC(F)(F)F)C3)c(F)cc2c1=O. The number of halogens is 4. The Kier molecular flexibility index (Phi) is 5.44. The lowest BCUT2D eigenvalue weighted by molar-refractivity contribution is -0.145. The largest absolute Gasteiger partial charge is 0.477 e. The lowest BCUT2D eigenvalue weighted by Gasteiger charge is -2.39. The van der Waals surface area contributed by atoms with Crippen LogP contribution >= 0.6 is 11.3 Å². The van der Waals surface area contributed by atoms with Gasteiger partial charge in [0.2, 0.25) is 5.43 Å². The number of fused-ring (bicyclic) bond motifs is 1. The minimum Gasteiger partial charge on any atom is -0.477 e. The molecule has 0 aromatic carbocycles. The van der Waals surface area contributed by atoms with Crippen molar-refractivity contribution in [3.63, 3.8) is 0 Å². The molecule has 0 spiro atoms. The van der Waals surface area contributed by atoms with Crippen LogP contribution in [0.4, 0.5) is 23.4 Å². The number of carbonyl (C=O) groups is 2. The summed E-state index contributed by atoms with van der Waals surface area (Å²) < 4.78 is 53.0. The number of nitrogens with zero attached hydrogens (tertiary/aromatic N) is 4. The van der Waals surface area contributed by atoms with Crippen LogP contribution in [0.5, 0.6) is 0 Å². The fourth-order valence-electron chi connectivity index (χ4n) is 3.39. The van der Waals surface area contributed by atoms with Gasteiger partial charge in [0.15, 0.2) is 22.4 Å². The molecular weight excluding hydrogens is 456 g/mol. The molecule has 1 aliphatic heterocycles. The van der Waals surface area contributed by atoms with E-state index in [0.717, 1.165) is 23.6 Å². The number of carboxylic acid groups (broad SMARTS) is 1. The Hall–Kier alpha value is -3.35. The van der Waals surface area contributed by atoms with E-state index < -0.39 is 53.5 Å². The Morgan fingerprint density at radius 1 is 1.28 bits per heavy atom. The average Bonchev–Trinajstić information content (AvgIpc) is 3.20. The van der Waals surface area contributed by atoms with E-state index in [9.17, 15) is 37.1 Å². The number of aromatic nitrogens is 3. The highest BCUT2D eigenvalue weighted by atomic mass is 32.1. The van der Waals surface area contributed by atoms with E-state index in [4.69, 9.17) is 0 Å². The number of carboxylic acids is 1. The molecule has 3 aromatic heterocycles. The standard InChI is InChI=1S/C19H14F4N4O4S/c20-12-5-10-14(29)11(17(30)31)8-27(18-24-3-4-32-18)15(10)25-16(12)26-6-9(7-26)13(28)1-2-19(21,22)23/h3-5,8-9H,1-2,6-7H2,(H,30,31). The summed E-state index contributed by atoms with van der Waals surface area (Å²) in [4.78, 5) is 45.6. The second-order valence-electron chi connectivity index (χ2n) is 7.21. The van der Waals surface area contributed by atoms with Crippen LogP contribution < -0.4 is 10.3 Å². The molecule has 4 heterocycles. The van der Waals surface area contributed by atoms with E-state index in [1.807, 2.05) is 0 Å². The van der Waals surface area contributed by atoms with Crippen LogP contribution in [-0.4, -0.2) is 50.7 Å². The second kappa shape index (κ2) is 7.97. The number of anilines is 1. The topological polar surface area (TPSA) is 105 Å². The summed E-state index contributed by atoms with van der Waals surface area (Å²) in [6.07, 6.45) is -3.77. The van der Waals surface area contributed by atoms with Gasteiger partial charge in [-0.3, -0.25) is 14.2 Å². The molecule has 4 rings (SSSR count). The highest BCUT2D eigenvalue weighted by Gasteiger charge is 2.37. The zero-order valence-corrected chi connectivity index (χ0v) is 16.9. The van der Waals surface area contributed by atoms with Crippen LogP contribution in [-0.2, 0) is 4.79 Å². The maximum absolute atomic E-state index is 14.8. The number of ketones is 1. The van der Waals surface area contributed by atoms with E-state index in [0.29, 0.717) is 5.13 Å². The van der Waals surface area contributed by atoms with Crippen molar-refractivity contribution in [3.05, 3.63) is 45.4 Å². The highest BCUT2D eigenvalue weighted by Crippen LogP contribution is 2.31. The van der Waals surface area contributed by atoms with Crippen molar-refractivity contribution in [1.29, 1.82) is 0 Å². The van der Waals surface area contributed by atoms with Gasteiger partial charge in [-0.2, -0.15) is 13.2 Å². The summed E-state index contributed by atoms with van der Waals surface area (Å²) in [5, 5.41) is 11.0. The van der Waals surface area contributed by atoms with Crippen molar-refractivity contribution in [2.45, 2.75) is 19.0 Å². The number of alkyl halides is 3. The molecule has 13 heteroatoms. The maximum atomic E-state index is 14.8. The highest BCUT2D eigenvalue weighted by molar-refractivity contribution is 7.12. The Morgan fingerprint density at radius 3 is 2.59 bits per heavy atom. The predicted molar refractivity (Wildman–Crippen MR) is 106 cm³/mol. The zero-order valence-electron chi connectivity index (χ0n) is 16.1. The maximum Gasteiger partial charge on any atom is 0.389 e. The number of hydrogen-bond acceptors (Lipinski definition) is 7. The molecule has 0 bridgehead atoms. The zero-order chi connectivity index (χ0) is 23.2. The first kappa shape index (κ1) is 21.9. The van der Waals surface area contributed by atoms with Crippen LogP contribution in [0.3, 0.4) is 0 Å². The average molecular weight is 470 g/mol. The monoisotopic (exact) mass is 470 g/mol. The second-order valence-corrected chi connectivity index (χ2v) is 8.08. The molecule has 168 valence electrons. The van der Waals surface area contributed by atoms with Gasteiger partial charge in [0, 0.05) is 37.3 Å². The predicted octanol–water partition coefficient (Wildman–Crippen LogP) is 3.03. The minimum absolute atomic E-state index is 0.0131. The molecule has 8 nitrogen and oxygen atoms in total. The molecule has 1 saturated heterocycles. The number of thiazole rings is 1. The summed E-state index contributed by atoms with van der Waals surface area (Å²) in [7, 11) is 0. The molecule has 1 fully saturated rings. The molecule has 32 heavy (non-hydrogen) atoms. The van der Waals surface area contributed by atoms with Gasteiger partial charge >= 0.3 is 12.1 Å². The van der Waals surface area contributed by atoms with Crippen molar-refractivity contribution in [1.82, 2.24) is 14.5 Å². The molecule has 0 amide bonds. The Morgan fingerprint density at radius 2 is 2.00 bits per heavy atom. The quantitative estimate of drug-likeness (QED) is 0.552. The van der Waals surface area contributed by atoms with E-state index in [1.54, 1.807) is 5.38 Å². The molecule has 3 aromatic rings. The molecular formula is C19H14F4N4O4S. The third kappa shape index (κ3) is 4.07. The van der Waals surface area contributed by atoms with Crippen LogP contribution in [0.25, 0.3) is 16.2 Å².